The number of benzene rings is 1. The lowest BCUT2D eigenvalue weighted by Crippen LogP contribution is -2.39. The fourth-order valence-electron chi connectivity index (χ4n) is 3.32. The first-order chi connectivity index (χ1) is 12.4. The molecule has 1 saturated heterocycles. The number of hydrogen-bond acceptors (Lipinski definition) is 4. The zero-order valence-electron chi connectivity index (χ0n) is 15.2. The Bertz CT molecular complexity index is 919. The molecule has 138 valence electrons. The lowest BCUT2D eigenvalue weighted by Gasteiger charge is -2.16. The number of nitrogens with zero attached hydrogens (tertiary/aromatic N) is 2. The summed E-state index contributed by atoms with van der Waals surface area (Å²) in [5.41, 5.74) is 1.54. The maximum Gasteiger partial charge on any atom is 0.257 e. The molecule has 0 spiro atoms. The molecule has 26 heavy (non-hydrogen) atoms. The standard InChI is InChI=1S/C19H23N3O4/c1-12-4-5-16-14(8-12)18(24)15(11-21(16)2)19(25)20-13-9-17(23)22(10-13)6-7-26-3/h4-5,8,11,13H,6-7,9-10H2,1-3H3,(H,20,25)/t13-/m0/s1. The van der Waals surface area contributed by atoms with E-state index in [1.54, 1.807) is 35.9 Å². The summed E-state index contributed by atoms with van der Waals surface area (Å²) in [7, 11) is 3.39. The number of methoxy groups -OCH3 is 1. The number of ether oxygens (including phenoxy) is 1. The van der Waals surface area contributed by atoms with Gasteiger partial charge in [-0.1, -0.05) is 11.6 Å². The Labute approximate surface area is 151 Å². The number of carbonyl (C=O) groups excluding carboxylic acids is 2. The Kier molecular flexibility index (Phi) is 5.08. The first kappa shape index (κ1) is 18.1. The number of aromatic nitrogens is 1. The molecule has 0 bridgehead atoms. The van der Waals surface area contributed by atoms with Crippen LogP contribution in [-0.4, -0.2) is 54.1 Å². The molecule has 1 aliphatic heterocycles. The van der Waals surface area contributed by atoms with Crippen molar-refractivity contribution in [3.05, 3.63) is 45.7 Å². The number of likely N-dealkylation sites (tertiary alicyclic amines) is 1. The van der Waals surface area contributed by atoms with E-state index < -0.39 is 5.91 Å². The van der Waals surface area contributed by atoms with Crippen molar-refractivity contribution in [2.24, 2.45) is 7.05 Å². The van der Waals surface area contributed by atoms with Gasteiger partial charge in [-0.3, -0.25) is 14.4 Å². The molecule has 0 aliphatic carbocycles. The van der Waals surface area contributed by atoms with Gasteiger partial charge >= 0.3 is 0 Å². The van der Waals surface area contributed by atoms with E-state index in [9.17, 15) is 14.4 Å². The van der Waals surface area contributed by atoms with Crippen LogP contribution in [0.5, 0.6) is 0 Å². The molecule has 2 heterocycles. The van der Waals surface area contributed by atoms with Crippen molar-refractivity contribution >= 4 is 22.7 Å². The van der Waals surface area contributed by atoms with Gasteiger partial charge in [0.1, 0.15) is 5.56 Å². The molecule has 2 amide bonds. The van der Waals surface area contributed by atoms with Gasteiger partial charge in [0.25, 0.3) is 5.91 Å². The average molecular weight is 357 g/mol. The Morgan fingerprint density at radius 3 is 2.85 bits per heavy atom. The molecule has 3 rings (SSSR count). The minimum Gasteiger partial charge on any atom is -0.383 e. The SMILES string of the molecule is COCCN1C[C@@H](NC(=O)c2cn(C)c3ccc(C)cc3c2=O)CC1=O. The summed E-state index contributed by atoms with van der Waals surface area (Å²) in [6.45, 7) is 3.29. The van der Waals surface area contributed by atoms with Crippen LogP contribution in [0, 0.1) is 6.92 Å². The highest BCUT2D eigenvalue weighted by molar-refractivity contribution is 5.98. The van der Waals surface area contributed by atoms with E-state index in [0.29, 0.717) is 25.1 Å². The van der Waals surface area contributed by atoms with Crippen LogP contribution < -0.4 is 10.7 Å². The summed E-state index contributed by atoms with van der Waals surface area (Å²) in [5.74, 6) is -0.463. The van der Waals surface area contributed by atoms with Crippen LogP contribution in [0.15, 0.2) is 29.2 Å². The third-order valence-corrected chi connectivity index (χ3v) is 4.70. The van der Waals surface area contributed by atoms with Gasteiger partial charge in [0.15, 0.2) is 0 Å². The van der Waals surface area contributed by atoms with Crippen molar-refractivity contribution in [2.45, 2.75) is 19.4 Å². The average Bonchev–Trinajstić information content (AvgIpc) is 2.95. The summed E-state index contributed by atoms with van der Waals surface area (Å²) < 4.78 is 6.77. The van der Waals surface area contributed by atoms with Gasteiger partial charge in [-0.25, -0.2) is 0 Å². The van der Waals surface area contributed by atoms with Gasteiger partial charge in [-0.15, -0.1) is 0 Å². The number of nitrogens with one attached hydrogen (secondary N) is 1. The third kappa shape index (κ3) is 3.48. The number of amides is 2. The first-order valence-electron chi connectivity index (χ1n) is 8.58. The maximum atomic E-state index is 12.8. The van der Waals surface area contributed by atoms with E-state index in [0.717, 1.165) is 11.1 Å². The second-order valence-electron chi connectivity index (χ2n) is 6.71. The van der Waals surface area contributed by atoms with Crippen molar-refractivity contribution in [3.63, 3.8) is 0 Å². The zero-order chi connectivity index (χ0) is 18.8. The summed E-state index contributed by atoms with van der Waals surface area (Å²) in [6, 6.07) is 5.29. The van der Waals surface area contributed by atoms with Crippen molar-refractivity contribution in [1.82, 2.24) is 14.8 Å². The van der Waals surface area contributed by atoms with E-state index in [2.05, 4.69) is 5.32 Å². The van der Waals surface area contributed by atoms with Gasteiger partial charge in [0, 0.05) is 45.3 Å². The quantitative estimate of drug-likeness (QED) is 0.859. The van der Waals surface area contributed by atoms with E-state index in [-0.39, 0.29) is 29.4 Å². The van der Waals surface area contributed by atoms with Crippen LogP contribution >= 0.6 is 0 Å². The molecule has 0 saturated carbocycles. The molecule has 1 fully saturated rings. The summed E-state index contributed by atoms with van der Waals surface area (Å²) in [5, 5.41) is 3.34. The summed E-state index contributed by atoms with van der Waals surface area (Å²) in [4.78, 5) is 39.1. The number of fused-ring (bicyclic) bond motifs is 1. The lowest BCUT2D eigenvalue weighted by molar-refractivity contribution is -0.128. The van der Waals surface area contributed by atoms with E-state index in [1.807, 2.05) is 19.1 Å². The largest absolute Gasteiger partial charge is 0.383 e. The topological polar surface area (TPSA) is 80.6 Å². The molecule has 1 aromatic carbocycles. The summed E-state index contributed by atoms with van der Waals surface area (Å²) in [6.07, 6.45) is 1.79. The van der Waals surface area contributed by atoms with Crippen LogP contribution in [0.1, 0.15) is 22.3 Å². The molecule has 1 N–H and O–H groups in total. The minimum atomic E-state index is -0.444. The number of pyridine rings is 1. The molecule has 0 radical (unpaired) electrons. The predicted octanol–water partition coefficient (Wildman–Crippen LogP) is 0.824. The van der Waals surface area contributed by atoms with Crippen molar-refractivity contribution in [2.75, 3.05) is 26.8 Å². The smallest absolute Gasteiger partial charge is 0.257 e. The number of aryl methyl sites for hydroxylation is 2. The fraction of sp³-hybridized carbons (Fsp3) is 0.421. The van der Waals surface area contributed by atoms with Gasteiger partial charge in [-0.2, -0.15) is 0 Å². The molecule has 1 aliphatic rings. The van der Waals surface area contributed by atoms with Gasteiger partial charge < -0.3 is 19.5 Å². The monoisotopic (exact) mass is 357 g/mol. The maximum absolute atomic E-state index is 12.8. The highest BCUT2D eigenvalue weighted by Gasteiger charge is 2.31. The van der Waals surface area contributed by atoms with E-state index in [4.69, 9.17) is 4.74 Å². The molecule has 1 atom stereocenters. The number of hydrogen-bond donors (Lipinski definition) is 1. The fourth-order valence-corrected chi connectivity index (χ4v) is 3.32. The van der Waals surface area contributed by atoms with Crippen LogP contribution in [0.2, 0.25) is 0 Å². The summed E-state index contributed by atoms with van der Waals surface area (Å²) >= 11 is 0. The second kappa shape index (κ2) is 7.29. The Morgan fingerprint density at radius 2 is 2.12 bits per heavy atom. The normalized spacial score (nSPS) is 17.1. The van der Waals surface area contributed by atoms with Crippen LogP contribution in [0.4, 0.5) is 0 Å². The minimum absolute atomic E-state index is 0.0191. The van der Waals surface area contributed by atoms with Gasteiger partial charge in [-0.05, 0) is 19.1 Å². The molecule has 2 aromatic rings. The highest BCUT2D eigenvalue weighted by atomic mass is 16.5. The predicted molar refractivity (Wildman–Crippen MR) is 98.3 cm³/mol. The molecule has 7 heteroatoms. The Morgan fingerprint density at radius 1 is 1.35 bits per heavy atom. The molecular weight excluding hydrogens is 334 g/mol. The first-order valence-corrected chi connectivity index (χ1v) is 8.58. The van der Waals surface area contributed by atoms with Crippen LogP contribution in [0.3, 0.4) is 0 Å². The molecule has 7 nitrogen and oxygen atoms in total. The van der Waals surface area contributed by atoms with Gasteiger partial charge in [0.2, 0.25) is 11.3 Å². The molecular formula is C19H23N3O4. The highest BCUT2D eigenvalue weighted by Crippen LogP contribution is 2.14. The lowest BCUT2D eigenvalue weighted by atomic mass is 10.1. The van der Waals surface area contributed by atoms with Crippen molar-refractivity contribution in [1.29, 1.82) is 0 Å². The zero-order valence-corrected chi connectivity index (χ0v) is 15.2. The van der Waals surface area contributed by atoms with Gasteiger partial charge in [0.05, 0.1) is 18.2 Å². The Hall–Kier alpha value is -2.67. The molecule has 1 aromatic heterocycles. The Balaban J connectivity index is 1.82. The van der Waals surface area contributed by atoms with Crippen LogP contribution in [-0.2, 0) is 16.6 Å². The van der Waals surface area contributed by atoms with E-state index >= 15 is 0 Å². The third-order valence-electron chi connectivity index (χ3n) is 4.70. The number of rotatable bonds is 5. The van der Waals surface area contributed by atoms with Crippen molar-refractivity contribution in [3.8, 4) is 0 Å². The number of carbonyl (C=O) groups is 2. The van der Waals surface area contributed by atoms with Crippen molar-refractivity contribution < 1.29 is 14.3 Å². The van der Waals surface area contributed by atoms with E-state index in [1.165, 1.54) is 0 Å². The second-order valence-corrected chi connectivity index (χ2v) is 6.71. The molecule has 0 unspecified atom stereocenters. The van der Waals surface area contributed by atoms with Crippen LogP contribution in [0.25, 0.3) is 10.9 Å².